The molecule has 0 aliphatic heterocycles. The molecule has 0 aliphatic carbocycles. The van der Waals surface area contributed by atoms with E-state index in [0.717, 1.165) is 16.8 Å². The summed E-state index contributed by atoms with van der Waals surface area (Å²) in [6.07, 6.45) is 2.16. The number of hydrogen-bond donors (Lipinski definition) is 1. The Balaban J connectivity index is 2.21. The SMILES string of the molecule is CCOc1ccc(N([C@@H](C)C(=O)N[C@H](C)c2ccc(S(C)(=O)=O)cc2)S(C)(=O)=O)cc1. The number of nitrogens with zero attached hydrogens (tertiary/aromatic N) is 1. The molecule has 1 N–H and O–H groups in total. The molecule has 0 aromatic heterocycles. The van der Waals surface area contributed by atoms with Gasteiger partial charge in [-0.3, -0.25) is 9.10 Å². The van der Waals surface area contributed by atoms with E-state index < -0.39 is 37.9 Å². The van der Waals surface area contributed by atoms with E-state index >= 15 is 0 Å². The summed E-state index contributed by atoms with van der Waals surface area (Å²) in [4.78, 5) is 13.0. The highest BCUT2D eigenvalue weighted by Crippen LogP contribution is 2.24. The van der Waals surface area contributed by atoms with Crippen LogP contribution in [-0.4, -0.2) is 47.9 Å². The first kappa shape index (κ1) is 24.7. The van der Waals surface area contributed by atoms with Crippen molar-refractivity contribution in [2.24, 2.45) is 0 Å². The molecule has 0 bridgehead atoms. The van der Waals surface area contributed by atoms with E-state index in [1.807, 2.05) is 6.92 Å². The molecule has 0 aliphatic rings. The van der Waals surface area contributed by atoms with E-state index in [0.29, 0.717) is 23.6 Å². The van der Waals surface area contributed by atoms with Crippen LogP contribution in [-0.2, 0) is 24.7 Å². The Morgan fingerprint density at radius 2 is 1.52 bits per heavy atom. The third-order valence-corrected chi connectivity index (χ3v) is 7.03. The van der Waals surface area contributed by atoms with Crippen molar-refractivity contribution in [1.82, 2.24) is 5.32 Å². The van der Waals surface area contributed by atoms with E-state index in [1.165, 1.54) is 19.1 Å². The molecule has 0 saturated heterocycles. The molecule has 8 nitrogen and oxygen atoms in total. The lowest BCUT2D eigenvalue weighted by Gasteiger charge is -2.29. The van der Waals surface area contributed by atoms with Crippen LogP contribution in [0.4, 0.5) is 5.69 Å². The first-order chi connectivity index (χ1) is 14.3. The number of anilines is 1. The molecule has 0 spiro atoms. The average Bonchev–Trinajstić information content (AvgIpc) is 2.68. The Hall–Kier alpha value is -2.59. The Kier molecular flexibility index (Phi) is 7.72. The summed E-state index contributed by atoms with van der Waals surface area (Å²) < 4.78 is 54.5. The van der Waals surface area contributed by atoms with Gasteiger partial charge in [0.1, 0.15) is 11.8 Å². The molecule has 2 atom stereocenters. The second kappa shape index (κ2) is 9.69. The summed E-state index contributed by atoms with van der Waals surface area (Å²) in [5, 5.41) is 2.79. The first-order valence-corrected chi connectivity index (χ1v) is 13.4. The van der Waals surface area contributed by atoms with Gasteiger partial charge in [0.2, 0.25) is 15.9 Å². The van der Waals surface area contributed by atoms with Gasteiger partial charge in [-0.1, -0.05) is 12.1 Å². The highest BCUT2D eigenvalue weighted by Gasteiger charge is 2.30. The summed E-state index contributed by atoms with van der Waals surface area (Å²) in [6, 6.07) is 11.2. The fourth-order valence-electron chi connectivity index (χ4n) is 3.09. The normalized spacial score (nSPS) is 13.8. The lowest BCUT2D eigenvalue weighted by Crippen LogP contribution is -2.48. The van der Waals surface area contributed by atoms with Crippen molar-refractivity contribution in [3.63, 3.8) is 0 Å². The van der Waals surface area contributed by atoms with Crippen molar-refractivity contribution < 1.29 is 26.4 Å². The minimum atomic E-state index is -3.74. The summed E-state index contributed by atoms with van der Waals surface area (Å²) >= 11 is 0. The van der Waals surface area contributed by atoms with Crippen molar-refractivity contribution in [3.05, 3.63) is 54.1 Å². The van der Waals surface area contributed by atoms with Crippen LogP contribution in [0, 0.1) is 0 Å². The molecule has 31 heavy (non-hydrogen) atoms. The summed E-state index contributed by atoms with van der Waals surface area (Å²) in [5.41, 5.74) is 1.04. The van der Waals surface area contributed by atoms with Crippen LogP contribution in [0.3, 0.4) is 0 Å². The Morgan fingerprint density at radius 1 is 0.968 bits per heavy atom. The number of carbonyl (C=O) groups is 1. The molecule has 0 saturated carbocycles. The maximum atomic E-state index is 12.8. The second-order valence-corrected chi connectivity index (χ2v) is 11.1. The lowest BCUT2D eigenvalue weighted by atomic mass is 10.1. The Labute approximate surface area is 184 Å². The van der Waals surface area contributed by atoms with Gasteiger partial charge in [0.15, 0.2) is 9.84 Å². The number of nitrogens with one attached hydrogen (secondary N) is 1. The van der Waals surface area contributed by atoms with Crippen LogP contribution in [0.1, 0.15) is 32.4 Å². The Morgan fingerprint density at radius 3 is 1.97 bits per heavy atom. The molecule has 2 aromatic rings. The van der Waals surface area contributed by atoms with Crippen LogP contribution in [0.2, 0.25) is 0 Å². The second-order valence-electron chi connectivity index (χ2n) is 7.23. The fraction of sp³-hybridized carbons (Fsp3) is 0.381. The molecule has 170 valence electrons. The molecule has 0 radical (unpaired) electrons. The molecule has 2 rings (SSSR count). The van der Waals surface area contributed by atoms with E-state index in [4.69, 9.17) is 4.74 Å². The number of sulfone groups is 1. The van der Waals surface area contributed by atoms with E-state index in [1.54, 1.807) is 43.3 Å². The number of ether oxygens (including phenoxy) is 1. The zero-order chi connectivity index (χ0) is 23.4. The molecule has 1 amide bonds. The van der Waals surface area contributed by atoms with Crippen LogP contribution < -0.4 is 14.4 Å². The van der Waals surface area contributed by atoms with Crippen LogP contribution in [0.15, 0.2) is 53.4 Å². The Bertz CT molecular complexity index is 1110. The van der Waals surface area contributed by atoms with Crippen LogP contribution in [0.25, 0.3) is 0 Å². The van der Waals surface area contributed by atoms with Gasteiger partial charge in [-0.25, -0.2) is 16.8 Å². The number of carbonyl (C=O) groups excluding carboxylic acids is 1. The van der Waals surface area contributed by atoms with Crippen molar-refractivity contribution in [3.8, 4) is 5.75 Å². The molecule has 0 fully saturated rings. The minimum Gasteiger partial charge on any atom is -0.494 e. The van der Waals surface area contributed by atoms with Gasteiger partial charge in [0, 0.05) is 6.26 Å². The molecule has 0 heterocycles. The summed E-state index contributed by atoms with van der Waals surface area (Å²) in [6.45, 7) is 5.57. The zero-order valence-corrected chi connectivity index (χ0v) is 19.8. The largest absolute Gasteiger partial charge is 0.494 e. The van der Waals surface area contributed by atoms with Gasteiger partial charge in [-0.2, -0.15) is 0 Å². The van der Waals surface area contributed by atoms with Crippen LogP contribution in [0.5, 0.6) is 5.75 Å². The van der Waals surface area contributed by atoms with Crippen molar-refractivity contribution in [2.45, 2.75) is 37.8 Å². The smallest absolute Gasteiger partial charge is 0.244 e. The maximum absolute atomic E-state index is 12.8. The van der Waals surface area contributed by atoms with Crippen molar-refractivity contribution in [2.75, 3.05) is 23.4 Å². The van der Waals surface area contributed by atoms with Gasteiger partial charge in [0.25, 0.3) is 0 Å². The number of amides is 1. The highest BCUT2D eigenvalue weighted by molar-refractivity contribution is 7.92. The third kappa shape index (κ3) is 6.44. The van der Waals surface area contributed by atoms with Crippen LogP contribution >= 0.6 is 0 Å². The maximum Gasteiger partial charge on any atom is 0.244 e. The lowest BCUT2D eigenvalue weighted by molar-refractivity contribution is -0.122. The first-order valence-electron chi connectivity index (χ1n) is 9.67. The van der Waals surface area contributed by atoms with Gasteiger partial charge < -0.3 is 10.1 Å². The number of sulfonamides is 1. The van der Waals surface area contributed by atoms with Gasteiger partial charge in [0.05, 0.1) is 29.5 Å². The highest BCUT2D eigenvalue weighted by atomic mass is 32.2. The monoisotopic (exact) mass is 468 g/mol. The predicted molar refractivity (Wildman–Crippen MR) is 121 cm³/mol. The van der Waals surface area contributed by atoms with Gasteiger partial charge in [-0.05, 0) is 62.7 Å². The van der Waals surface area contributed by atoms with Gasteiger partial charge in [-0.15, -0.1) is 0 Å². The van der Waals surface area contributed by atoms with Crippen molar-refractivity contribution in [1.29, 1.82) is 0 Å². The van der Waals surface area contributed by atoms with Crippen molar-refractivity contribution >= 4 is 31.5 Å². The molecular formula is C21H28N2O6S2. The molecular weight excluding hydrogens is 440 g/mol. The summed E-state index contributed by atoms with van der Waals surface area (Å²) in [7, 11) is -7.06. The zero-order valence-electron chi connectivity index (χ0n) is 18.2. The van der Waals surface area contributed by atoms with E-state index in [9.17, 15) is 21.6 Å². The fourth-order valence-corrected chi connectivity index (χ4v) is 4.89. The minimum absolute atomic E-state index is 0.182. The quantitative estimate of drug-likeness (QED) is 0.606. The number of rotatable bonds is 9. The van der Waals surface area contributed by atoms with Gasteiger partial charge >= 0.3 is 0 Å². The molecule has 2 aromatic carbocycles. The number of hydrogen-bond acceptors (Lipinski definition) is 6. The topological polar surface area (TPSA) is 110 Å². The average molecular weight is 469 g/mol. The molecule has 0 unspecified atom stereocenters. The van der Waals surface area contributed by atoms with E-state index in [-0.39, 0.29) is 4.90 Å². The predicted octanol–water partition coefficient (Wildman–Crippen LogP) is 2.52. The summed E-state index contributed by atoms with van der Waals surface area (Å²) in [5.74, 6) is 0.113. The standard InChI is InChI=1S/C21H28N2O6S2/c1-6-29-19-11-9-18(10-12-19)23(31(5,27)28)16(3)21(24)22-15(2)17-7-13-20(14-8-17)30(4,25)26/h7-16H,6H2,1-5H3,(H,22,24)/t15-,16+/m1/s1. The molecule has 10 heteroatoms. The van der Waals surface area contributed by atoms with E-state index in [2.05, 4.69) is 5.32 Å². The third-order valence-electron chi connectivity index (χ3n) is 4.66. The number of benzene rings is 2.